The molecule has 0 aromatic carbocycles. The summed E-state index contributed by atoms with van der Waals surface area (Å²) in [5, 5.41) is 9.31. The Morgan fingerprint density at radius 2 is 2.12 bits per heavy atom. The van der Waals surface area contributed by atoms with Crippen LogP contribution in [0.15, 0.2) is 0 Å². The summed E-state index contributed by atoms with van der Waals surface area (Å²) in [5.74, 6) is 0.528. The SMILES string of the molecule is CCC(C)CN(C)C1CC(C)CCC1C(=O)O. The molecule has 1 rings (SSSR count). The Balaban J connectivity index is 2.64. The molecule has 4 atom stereocenters. The van der Waals surface area contributed by atoms with Crippen molar-refractivity contribution < 1.29 is 9.90 Å². The van der Waals surface area contributed by atoms with Gasteiger partial charge in [-0.2, -0.15) is 0 Å². The van der Waals surface area contributed by atoms with Gasteiger partial charge in [-0.1, -0.05) is 27.2 Å². The van der Waals surface area contributed by atoms with Crippen LogP contribution in [-0.4, -0.2) is 35.6 Å². The first kappa shape index (κ1) is 14.5. The van der Waals surface area contributed by atoms with E-state index < -0.39 is 5.97 Å². The van der Waals surface area contributed by atoms with Gasteiger partial charge in [0, 0.05) is 12.6 Å². The molecule has 4 unspecified atom stereocenters. The predicted molar refractivity (Wildman–Crippen MR) is 70.0 cm³/mol. The first-order valence-corrected chi connectivity index (χ1v) is 6.88. The third kappa shape index (κ3) is 3.98. The lowest BCUT2D eigenvalue weighted by molar-refractivity contribution is -0.146. The van der Waals surface area contributed by atoms with Crippen molar-refractivity contribution in [2.24, 2.45) is 17.8 Å². The largest absolute Gasteiger partial charge is 0.481 e. The normalized spacial score (nSPS) is 31.5. The number of carboxylic acids is 1. The number of rotatable bonds is 5. The third-order valence-electron chi connectivity index (χ3n) is 4.26. The lowest BCUT2D eigenvalue weighted by atomic mass is 9.78. The van der Waals surface area contributed by atoms with E-state index in [1.165, 1.54) is 0 Å². The minimum atomic E-state index is -0.613. The molecule has 1 fully saturated rings. The molecule has 1 aliphatic carbocycles. The molecule has 1 N–H and O–H groups in total. The number of aliphatic carboxylic acids is 1. The second-order valence-electron chi connectivity index (χ2n) is 5.88. The Kier molecular flexibility index (Phi) is 5.44. The van der Waals surface area contributed by atoms with Gasteiger partial charge in [0.1, 0.15) is 0 Å². The lowest BCUT2D eigenvalue weighted by Crippen LogP contribution is -2.46. The van der Waals surface area contributed by atoms with Crippen molar-refractivity contribution in [3.63, 3.8) is 0 Å². The fourth-order valence-corrected chi connectivity index (χ4v) is 2.88. The summed E-state index contributed by atoms with van der Waals surface area (Å²) < 4.78 is 0. The second kappa shape index (κ2) is 6.39. The van der Waals surface area contributed by atoms with Gasteiger partial charge in [0.05, 0.1) is 5.92 Å². The van der Waals surface area contributed by atoms with E-state index in [1.54, 1.807) is 0 Å². The zero-order valence-electron chi connectivity index (χ0n) is 11.6. The molecule has 3 heteroatoms. The van der Waals surface area contributed by atoms with Gasteiger partial charge in [-0.25, -0.2) is 0 Å². The zero-order valence-corrected chi connectivity index (χ0v) is 11.6. The number of carbonyl (C=O) groups is 1. The van der Waals surface area contributed by atoms with Crippen LogP contribution in [-0.2, 0) is 4.79 Å². The van der Waals surface area contributed by atoms with Crippen LogP contribution >= 0.6 is 0 Å². The molecule has 0 saturated heterocycles. The van der Waals surface area contributed by atoms with Crippen LogP contribution in [0.5, 0.6) is 0 Å². The standard InChI is InChI=1S/C14H27NO2/c1-5-10(2)9-15(4)13-8-11(3)6-7-12(13)14(16)17/h10-13H,5-9H2,1-4H3,(H,16,17). The Labute approximate surface area is 105 Å². The predicted octanol–water partition coefficient (Wildman–Crippen LogP) is 2.85. The number of nitrogens with zero attached hydrogens (tertiary/aromatic N) is 1. The Morgan fingerprint density at radius 3 is 2.65 bits per heavy atom. The fourth-order valence-electron chi connectivity index (χ4n) is 2.88. The van der Waals surface area contributed by atoms with Crippen molar-refractivity contribution >= 4 is 5.97 Å². The summed E-state index contributed by atoms with van der Waals surface area (Å²) in [5.41, 5.74) is 0. The molecule has 0 radical (unpaired) electrons. The van der Waals surface area contributed by atoms with E-state index >= 15 is 0 Å². The van der Waals surface area contributed by atoms with E-state index in [4.69, 9.17) is 0 Å². The monoisotopic (exact) mass is 241 g/mol. The average Bonchev–Trinajstić information content (AvgIpc) is 2.28. The molecule has 0 aromatic rings. The van der Waals surface area contributed by atoms with Crippen molar-refractivity contribution in [2.75, 3.05) is 13.6 Å². The maximum atomic E-state index is 11.3. The van der Waals surface area contributed by atoms with Crippen LogP contribution in [0.2, 0.25) is 0 Å². The molecule has 0 aliphatic heterocycles. The van der Waals surface area contributed by atoms with Crippen molar-refractivity contribution in [3.8, 4) is 0 Å². The minimum absolute atomic E-state index is 0.166. The molecule has 17 heavy (non-hydrogen) atoms. The van der Waals surface area contributed by atoms with E-state index in [1.807, 2.05) is 0 Å². The summed E-state index contributed by atoms with van der Waals surface area (Å²) in [7, 11) is 2.09. The molecule has 1 saturated carbocycles. The quantitative estimate of drug-likeness (QED) is 0.804. The smallest absolute Gasteiger partial charge is 0.308 e. The molecule has 1 aliphatic rings. The van der Waals surface area contributed by atoms with Gasteiger partial charge in [0.25, 0.3) is 0 Å². The molecule has 3 nitrogen and oxygen atoms in total. The molecule has 0 amide bonds. The lowest BCUT2D eigenvalue weighted by Gasteiger charge is -2.39. The summed E-state index contributed by atoms with van der Waals surface area (Å²) in [6, 6.07) is 0.227. The maximum Gasteiger partial charge on any atom is 0.308 e. The van der Waals surface area contributed by atoms with E-state index in [2.05, 4.69) is 32.7 Å². The van der Waals surface area contributed by atoms with E-state index in [0.717, 1.165) is 32.2 Å². The molecule has 0 spiro atoms. The summed E-state index contributed by atoms with van der Waals surface area (Å²) >= 11 is 0. The maximum absolute atomic E-state index is 11.3. The molecular weight excluding hydrogens is 214 g/mol. The first-order chi connectivity index (χ1) is 7.95. The van der Waals surface area contributed by atoms with Gasteiger partial charge >= 0.3 is 5.97 Å². The Hall–Kier alpha value is -0.570. The molecular formula is C14H27NO2. The van der Waals surface area contributed by atoms with Gasteiger partial charge in [0.2, 0.25) is 0 Å². The van der Waals surface area contributed by atoms with E-state index in [9.17, 15) is 9.90 Å². The van der Waals surface area contributed by atoms with Gasteiger partial charge < -0.3 is 10.0 Å². The topological polar surface area (TPSA) is 40.5 Å². The highest BCUT2D eigenvalue weighted by Crippen LogP contribution is 2.32. The number of hydrogen-bond acceptors (Lipinski definition) is 2. The highest BCUT2D eigenvalue weighted by molar-refractivity contribution is 5.71. The van der Waals surface area contributed by atoms with Crippen LogP contribution < -0.4 is 0 Å². The van der Waals surface area contributed by atoms with Gasteiger partial charge in [0.15, 0.2) is 0 Å². The highest BCUT2D eigenvalue weighted by Gasteiger charge is 2.35. The Bertz CT molecular complexity index is 255. The van der Waals surface area contributed by atoms with Crippen molar-refractivity contribution in [2.45, 2.75) is 52.5 Å². The molecule has 0 aromatic heterocycles. The highest BCUT2D eigenvalue weighted by atomic mass is 16.4. The van der Waals surface area contributed by atoms with Crippen LogP contribution in [0.3, 0.4) is 0 Å². The van der Waals surface area contributed by atoms with Crippen molar-refractivity contribution in [1.29, 1.82) is 0 Å². The van der Waals surface area contributed by atoms with Gasteiger partial charge in [-0.05, 0) is 38.1 Å². The molecule has 0 heterocycles. The van der Waals surface area contributed by atoms with Gasteiger partial charge in [-0.3, -0.25) is 4.79 Å². The fraction of sp³-hybridized carbons (Fsp3) is 0.929. The number of hydrogen-bond donors (Lipinski definition) is 1. The molecule has 0 bridgehead atoms. The number of carboxylic acid groups (broad SMARTS) is 1. The van der Waals surface area contributed by atoms with Gasteiger partial charge in [-0.15, -0.1) is 0 Å². The van der Waals surface area contributed by atoms with Crippen LogP contribution in [0.25, 0.3) is 0 Å². The second-order valence-corrected chi connectivity index (χ2v) is 5.88. The van der Waals surface area contributed by atoms with Crippen LogP contribution in [0.1, 0.15) is 46.5 Å². The van der Waals surface area contributed by atoms with E-state index in [0.29, 0.717) is 11.8 Å². The minimum Gasteiger partial charge on any atom is -0.481 e. The van der Waals surface area contributed by atoms with Crippen LogP contribution in [0.4, 0.5) is 0 Å². The summed E-state index contributed by atoms with van der Waals surface area (Å²) in [4.78, 5) is 13.6. The average molecular weight is 241 g/mol. The van der Waals surface area contributed by atoms with Crippen molar-refractivity contribution in [1.82, 2.24) is 4.90 Å². The zero-order chi connectivity index (χ0) is 13.0. The summed E-state index contributed by atoms with van der Waals surface area (Å²) in [6.07, 6.45) is 4.09. The Morgan fingerprint density at radius 1 is 1.47 bits per heavy atom. The van der Waals surface area contributed by atoms with Crippen LogP contribution in [0, 0.1) is 17.8 Å². The molecule has 100 valence electrons. The summed E-state index contributed by atoms with van der Waals surface area (Å²) in [6.45, 7) is 7.68. The first-order valence-electron chi connectivity index (χ1n) is 6.88. The van der Waals surface area contributed by atoms with Crippen molar-refractivity contribution in [3.05, 3.63) is 0 Å². The third-order valence-corrected chi connectivity index (χ3v) is 4.26. The van der Waals surface area contributed by atoms with E-state index in [-0.39, 0.29) is 12.0 Å².